The molecule has 0 spiro atoms. The van der Waals surface area contributed by atoms with Gasteiger partial charge in [-0.1, -0.05) is 0 Å². The molecule has 1 nitrogen and oxygen atoms in total. The molecule has 88 valence electrons. The maximum absolute atomic E-state index is 13.1. The van der Waals surface area contributed by atoms with Gasteiger partial charge in [-0.2, -0.15) is 0 Å². The van der Waals surface area contributed by atoms with Crippen LogP contribution >= 0.6 is 0 Å². The summed E-state index contributed by atoms with van der Waals surface area (Å²) in [4.78, 5) is 2.34. The molecule has 1 unspecified atom stereocenters. The van der Waals surface area contributed by atoms with Crippen molar-refractivity contribution in [3.05, 3.63) is 35.4 Å². The molecule has 16 heavy (non-hydrogen) atoms. The van der Waals surface area contributed by atoms with Crippen LogP contribution in [-0.2, 0) is 0 Å². The van der Waals surface area contributed by atoms with E-state index in [2.05, 4.69) is 18.7 Å². The smallest absolute Gasteiger partial charge is 0.126 e. The standard InChI is InChI=1S/C13H17F2N/c1-9(2)16-4-3-10(8-16)11-5-12(14)7-13(15)6-11/h5-7,9-10H,3-4,8H2,1-2H3. The van der Waals surface area contributed by atoms with E-state index in [0.717, 1.165) is 31.1 Å². The lowest BCUT2D eigenvalue weighted by atomic mass is 9.98. The zero-order valence-corrected chi connectivity index (χ0v) is 9.71. The minimum Gasteiger partial charge on any atom is -0.300 e. The monoisotopic (exact) mass is 225 g/mol. The molecule has 1 aliphatic rings. The van der Waals surface area contributed by atoms with Gasteiger partial charge in [0, 0.05) is 18.7 Å². The molecule has 0 amide bonds. The van der Waals surface area contributed by atoms with Crippen LogP contribution in [-0.4, -0.2) is 24.0 Å². The van der Waals surface area contributed by atoms with E-state index in [9.17, 15) is 8.78 Å². The minimum absolute atomic E-state index is 0.271. The van der Waals surface area contributed by atoms with Crippen molar-refractivity contribution in [2.45, 2.75) is 32.2 Å². The van der Waals surface area contributed by atoms with Crippen molar-refractivity contribution in [2.24, 2.45) is 0 Å². The predicted octanol–water partition coefficient (Wildman–Crippen LogP) is 3.16. The Morgan fingerprint density at radius 1 is 1.19 bits per heavy atom. The second-order valence-corrected chi connectivity index (χ2v) is 4.78. The highest BCUT2D eigenvalue weighted by atomic mass is 19.1. The lowest BCUT2D eigenvalue weighted by molar-refractivity contribution is 0.272. The molecule has 0 bridgehead atoms. The summed E-state index contributed by atoms with van der Waals surface area (Å²) >= 11 is 0. The van der Waals surface area contributed by atoms with Crippen molar-refractivity contribution in [3.63, 3.8) is 0 Å². The molecule has 2 rings (SSSR count). The second-order valence-electron chi connectivity index (χ2n) is 4.78. The molecule has 3 heteroatoms. The highest BCUT2D eigenvalue weighted by molar-refractivity contribution is 5.23. The van der Waals surface area contributed by atoms with Gasteiger partial charge in [-0.3, -0.25) is 0 Å². The third kappa shape index (κ3) is 2.40. The molecule has 0 aromatic heterocycles. The quantitative estimate of drug-likeness (QED) is 0.747. The van der Waals surface area contributed by atoms with Crippen LogP contribution in [0.2, 0.25) is 0 Å². The first-order chi connectivity index (χ1) is 7.56. The third-order valence-corrected chi connectivity index (χ3v) is 3.31. The first-order valence-corrected chi connectivity index (χ1v) is 5.76. The Morgan fingerprint density at radius 2 is 1.81 bits per heavy atom. The summed E-state index contributed by atoms with van der Waals surface area (Å²) in [6, 6.07) is 4.34. The number of halogens is 2. The molecule has 0 radical (unpaired) electrons. The number of benzene rings is 1. The average Bonchev–Trinajstić information content (AvgIpc) is 2.64. The van der Waals surface area contributed by atoms with E-state index in [1.807, 2.05) is 0 Å². The Labute approximate surface area is 95.1 Å². The molecule has 0 N–H and O–H groups in total. The van der Waals surface area contributed by atoms with Gasteiger partial charge < -0.3 is 4.90 Å². The van der Waals surface area contributed by atoms with E-state index in [4.69, 9.17) is 0 Å². The van der Waals surface area contributed by atoms with Crippen LogP contribution in [0, 0.1) is 11.6 Å². The van der Waals surface area contributed by atoms with Gasteiger partial charge in [-0.15, -0.1) is 0 Å². The first kappa shape index (κ1) is 11.5. The normalized spacial score (nSPS) is 21.9. The molecular weight excluding hydrogens is 208 g/mol. The molecule has 0 aliphatic carbocycles. The number of rotatable bonds is 2. The molecule has 1 aromatic rings. The number of likely N-dealkylation sites (tertiary alicyclic amines) is 1. The molecule has 1 heterocycles. The van der Waals surface area contributed by atoms with Crippen molar-refractivity contribution >= 4 is 0 Å². The summed E-state index contributed by atoms with van der Waals surface area (Å²) in [7, 11) is 0. The Morgan fingerprint density at radius 3 is 2.31 bits per heavy atom. The Bertz CT molecular complexity index is 356. The molecule has 1 aliphatic heterocycles. The van der Waals surface area contributed by atoms with E-state index >= 15 is 0 Å². The summed E-state index contributed by atoms with van der Waals surface area (Å²) in [5, 5.41) is 0. The van der Waals surface area contributed by atoms with E-state index < -0.39 is 11.6 Å². The Kier molecular flexibility index (Phi) is 3.24. The van der Waals surface area contributed by atoms with Gasteiger partial charge in [0.1, 0.15) is 11.6 Å². The van der Waals surface area contributed by atoms with Gasteiger partial charge in [0.25, 0.3) is 0 Å². The topological polar surface area (TPSA) is 3.24 Å². The summed E-state index contributed by atoms with van der Waals surface area (Å²) in [5.41, 5.74) is 0.792. The van der Waals surface area contributed by atoms with Gasteiger partial charge in [0.2, 0.25) is 0 Å². The van der Waals surface area contributed by atoms with Crippen LogP contribution in [0.3, 0.4) is 0 Å². The second kappa shape index (κ2) is 4.50. The Balaban J connectivity index is 2.14. The van der Waals surface area contributed by atoms with Crippen LogP contribution in [0.1, 0.15) is 31.7 Å². The van der Waals surface area contributed by atoms with Crippen molar-refractivity contribution in [1.29, 1.82) is 0 Å². The van der Waals surface area contributed by atoms with Crippen LogP contribution < -0.4 is 0 Å². The largest absolute Gasteiger partial charge is 0.300 e. The zero-order valence-electron chi connectivity index (χ0n) is 9.71. The number of hydrogen-bond donors (Lipinski definition) is 0. The van der Waals surface area contributed by atoms with Gasteiger partial charge in [-0.25, -0.2) is 8.78 Å². The maximum atomic E-state index is 13.1. The Hall–Kier alpha value is -0.960. The molecule has 1 aromatic carbocycles. The SMILES string of the molecule is CC(C)N1CCC(c2cc(F)cc(F)c2)C1. The van der Waals surface area contributed by atoms with E-state index in [1.165, 1.54) is 12.1 Å². The fraction of sp³-hybridized carbons (Fsp3) is 0.538. The molecule has 1 saturated heterocycles. The molecule has 1 fully saturated rings. The van der Waals surface area contributed by atoms with Gasteiger partial charge >= 0.3 is 0 Å². The number of hydrogen-bond acceptors (Lipinski definition) is 1. The minimum atomic E-state index is -0.474. The summed E-state index contributed by atoms with van der Waals surface area (Å²) in [5.74, 6) is -0.677. The predicted molar refractivity (Wildman–Crippen MR) is 60.4 cm³/mol. The van der Waals surface area contributed by atoms with E-state index in [1.54, 1.807) is 0 Å². The van der Waals surface area contributed by atoms with Crippen LogP contribution in [0.4, 0.5) is 8.78 Å². The van der Waals surface area contributed by atoms with Crippen LogP contribution in [0.25, 0.3) is 0 Å². The van der Waals surface area contributed by atoms with Crippen molar-refractivity contribution < 1.29 is 8.78 Å². The van der Waals surface area contributed by atoms with Crippen molar-refractivity contribution in [3.8, 4) is 0 Å². The van der Waals surface area contributed by atoms with E-state index in [0.29, 0.717) is 6.04 Å². The number of nitrogens with zero attached hydrogens (tertiary/aromatic N) is 1. The third-order valence-electron chi connectivity index (χ3n) is 3.31. The fourth-order valence-electron chi connectivity index (χ4n) is 2.34. The molecule has 0 saturated carbocycles. The van der Waals surface area contributed by atoms with Gasteiger partial charge in [0.05, 0.1) is 0 Å². The summed E-state index contributed by atoms with van der Waals surface area (Å²) in [6.45, 7) is 6.21. The van der Waals surface area contributed by atoms with Crippen molar-refractivity contribution in [2.75, 3.05) is 13.1 Å². The van der Waals surface area contributed by atoms with Crippen LogP contribution in [0.5, 0.6) is 0 Å². The zero-order chi connectivity index (χ0) is 11.7. The maximum Gasteiger partial charge on any atom is 0.126 e. The fourth-order valence-corrected chi connectivity index (χ4v) is 2.34. The lowest BCUT2D eigenvalue weighted by Crippen LogP contribution is -2.27. The highest BCUT2D eigenvalue weighted by Crippen LogP contribution is 2.29. The summed E-state index contributed by atoms with van der Waals surface area (Å²) in [6.07, 6.45) is 0.987. The average molecular weight is 225 g/mol. The first-order valence-electron chi connectivity index (χ1n) is 5.76. The van der Waals surface area contributed by atoms with Gasteiger partial charge in [-0.05, 0) is 50.4 Å². The van der Waals surface area contributed by atoms with E-state index in [-0.39, 0.29) is 5.92 Å². The van der Waals surface area contributed by atoms with Gasteiger partial charge in [0.15, 0.2) is 0 Å². The molecule has 1 atom stereocenters. The highest BCUT2D eigenvalue weighted by Gasteiger charge is 2.25. The van der Waals surface area contributed by atoms with Crippen molar-refractivity contribution in [1.82, 2.24) is 4.90 Å². The molecular formula is C13H17F2N. The lowest BCUT2D eigenvalue weighted by Gasteiger charge is -2.20. The summed E-state index contributed by atoms with van der Waals surface area (Å²) < 4.78 is 26.2. The van der Waals surface area contributed by atoms with Crippen LogP contribution in [0.15, 0.2) is 18.2 Å².